The van der Waals surface area contributed by atoms with Crippen LogP contribution in [0.4, 0.5) is 10.6 Å². The second-order valence-corrected chi connectivity index (χ2v) is 4.06. The third-order valence-electron chi connectivity index (χ3n) is 2.71. The minimum atomic E-state index is -0.786. The van der Waals surface area contributed by atoms with E-state index < -0.39 is 11.9 Å². The zero-order valence-corrected chi connectivity index (χ0v) is 10.8. The fourth-order valence-electron chi connectivity index (χ4n) is 1.82. The second-order valence-electron chi connectivity index (χ2n) is 4.06. The van der Waals surface area contributed by atoms with Gasteiger partial charge < -0.3 is 21.2 Å². The SMILES string of the molecule is COc1cccc(-c2cc(C(N)=O)c(NC(N)=O)[nH]2)c1. The third-order valence-corrected chi connectivity index (χ3v) is 2.71. The predicted octanol–water partition coefficient (Wildman–Crippen LogP) is 1.28. The number of methoxy groups -OCH3 is 1. The molecule has 1 aromatic heterocycles. The number of hydrogen-bond acceptors (Lipinski definition) is 3. The molecule has 1 heterocycles. The van der Waals surface area contributed by atoms with Crippen LogP contribution >= 0.6 is 0 Å². The molecule has 0 saturated carbocycles. The summed E-state index contributed by atoms with van der Waals surface area (Å²) in [5.74, 6) is 0.170. The molecule has 104 valence electrons. The zero-order chi connectivity index (χ0) is 14.7. The first-order valence-electron chi connectivity index (χ1n) is 5.75. The van der Waals surface area contributed by atoms with Crippen molar-refractivity contribution in [1.82, 2.24) is 4.98 Å². The maximum atomic E-state index is 11.4. The number of rotatable bonds is 4. The summed E-state index contributed by atoms with van der Waals surface area (Å²) in [7, 11) is 1.56. The van der Waals surface area contributed by atoms with Crippen LogP contribution in [0.2, 0.25) is 0 Å². The second kappa shape index (κ2) is 5.35. The molecule has 0 radical (unpaired) electrons. The maximum Gasteiger partial charge on any atom is 0.317 e. The average molecular weight is 274 g/mol. The van der Waals surface area contributed by atoms with Gasteiger partial charge in [-0.3, -0.25) is 10.1 Å². The van der Waals surface area contributed by atoms with Crippen LogP contribution in [0.3, 0.4) is 0 Å². The van der Waals surface area contributed by atoms with E-state index in [1.54, 1.807) is 31.4 Å². The Hall–Kier alpha value is -2.96. The Morgan fingerprint density at radius 3 is 2.60 bits per heavy atom. The lowest BCUT2D eigenvalue weighted by molar-refractivity contribution is 0.100. The van der Waals surface area contributed by atoms with Crippen molar-refractivity contribution >= 4 is 17.8 Å². The highest BCUT2D eigenvalue weighted by atomic mass is 16.5. The molecule has 2 aromatic rings. The number of benzene rings is 1. The Bertz CT molecular complexity index is 663. The summed E-state index contributed by atoms with van der Waals surface area (Å²) in [5, 5.41) is 2.32. The number of primary amides is 2. The summed E-state index contributed by atoms with van der Waals surface area (Å²) in [4.78, 5) is 25.2. The van der Waals surface area contributed by atoms with Crippen molar-refractivity contribution in [2.45, 2.75) is 0 Å². The number of anilines is 1. The van der Waals surface area contributed by atoms with Crippen molar-refractivity contribution in [1.29, 1.82) is 0 Å². The van der Waals surface area contributed by atoms with Gasteiger partial charge in [-0.25, -0.2) is 4.79 Å². The molecule has 0 fully saturated rings. The number of aromatic amines is 1. The largest absolute Gasteiger partial charge is 0.497 e. The molecule has 0 aliphatic carbocycles. The minimum Gasteiger partial charge on any atom is -0.497 e. The van der Waals surface area contributed by atoms with Gasteiger partial charge in [-0.05, 0) is 18.2 Å². The average Bonchev–Trinajstić information content (AvgIpc) is 2.82. The summed E-state index contributed by atoms with van der Waals surface area (Å²) >= 11 is 0. The van der Waals surface area contributed by atoms with Crippen LogP contribution in [0, 0.1) is 0 Å². The molecule has 0 bridgehead atoms. The molecule has 2 rings (SSSR count). The number of nitrogens with two attached hydrogens (primary N) is 2. The van der Waals surface area contributed by atoms with E-state index in [-0.39, 0.29) is 11.4 Å². The van der Waals surface area contributed by atoms with Gasteiger partial charge in [-0.1, -0.05) is 12.1 Å². The number of aromatic nitrogens is 1. The van der Waals surface area contributed by atoms with Crippen molar-refractivity contribution in [2.75, 3.05) is 12.4 Å². The highest BCUT2D eigenvalue weighted by molar-refractivity contribution is 6.03. The first-order chi connectivity index (χ1) is 9.51. The van der Waals surface area contributed by atoms with Crippen molar-refractivity contribution in [3.05, 3.63) is 35.9 Å². The lowest BCUT2D eigenvalue weighted by atomic mass is 10.1. The van der Waals surface area contributed by atoms with Crippen LogP contribution in [0.5, 0.6) is 5.75 Å². The van der Waals surface area contributed by atoms with Crippen molar-refractivity contribution in [2.24, 2.45) is 11.5 Å². The van der Waals surface area contributed by atoms with Gasteiger partial charge in [0.15, 0.2) is 0 Å². The van der Waals surface area contributed by atoms with Crippen LogP contribution < -0.4 is 21.5 Å². The standard InChI is InChI=1S/C13H14N4O3/c1-20-8-4-2-3-7(5-8)10-6-9(11(14)18)12(16-10)17-13(15)19/h2-6,16H,1H3,(H2,14,18)(H3,15,17,19). The molecular weight excluding hydrogens is 260 g/mol. The minimum absolute atomic E-state index is 0.154. The van der Waals surface area contributed by atoms with E-state index in [0.717, 1.165) is 5.56 Å². The number of amides is 3. The molecule has 0 spiro atoms. The normalized spacial score (nSPS) is 10.1. The fraction of sp³-hybridized carbons (Fsp3) is 0.0769. The molecule has 0 aliphatic heterocycles. The summed E-state index contributed by atoms with van der Waals surface area (Å²) in [6, 6.07) is 7.97. The molecule has 7 nitrogen and oxygen atoms in total. The Balaban J connectivity index is 2.46. The number of carbonyl (C=O) groups excluding carboxylic acids is 2. The van der Waals surface area contributed by atoms with Crippen molar-refractivity contribution in [3.8, 4) is 17.0 Å². The molecule has 1 aromatic carbocycles. The molecule has 7 heteroatoms. The molecule has 0 unspecified atom stereocenters. The molecule has 0 atom stereocenters. The zero-order valence-electron chi connectivity index (χ0n) is 10.8. The molecule has 0 saturated heterocycles. The number of hydrogen-bond donors (Lipinski definition) is 4. The van der Waals surface area contributed by atoms with Gasteiger partial charge in [-0.15, -0.1) is 0 Å². The summed E-state index contributed by atoms with van der Waals surface area (Å²) in [6.07, 6.45) is 0. The van der Waals surface area contributed by atoms with Crippen LogP contribution in [0.15, 0.2) is 30.3 Å². The lowest BCUT2D eigenvalue weighted by Gasteiger charge is -2.03. The Morgan fingerprint density at radius 2 is 2.00 bits per heavy atom. The number of H-pyrrole nitrogens is 1. The van der Waals surface area contributed by atoms with Gasteiger partial charge in [0.2, 0.25) is 0 Å². The van der Waals surface area contributed by atoms with E-state index >= 15 is 0 Å². The van der Waals surface area contributed by atoms with Gasteiger partial charge in [0.05, 0.1) is 12.7 Å². The highest BCUT2D eigenvalue weighted by Gasteiger charge is 2.15. The van der Waals surface area contributed by atoms with Crippen LogP contribution in [-0.2, 0) is 0 Å². The van der Waals surface area contributed by atoms with Gasteiger partial charge >= 0.3 is 6.03 Å². The smallest absolute Gasteiger partial charge is 0.317 e. The Labute approximate surface area is 114 Å². The van der Waals surface area contributed by atoms with E-state index in [1.807, 2.05) is 6.07 Å². The monoisotopic (exact) mass is 274 g/mol. The first-order valence-corrected chi connectivity index (χ1v) is 5.75. The third kappa shape index (κ3) is 2.72. The predicted molar refractivity (Wildman–Crippen MR) is 74.5 cm³/mol. The van der Waals surface area contributed by atoms with E-state index in [0.29, 0.717) is 11.4 Å². The van der Waals surface area contributed by atoms with Gasteiger partial charge in [0.25, 0.3) is 5.91 Å². The van der Waals surface area contributed by atoms with E-state index in [2.05, 4.69) is 10.3 Å². The van der Waals surface area contributed by atoms with E-state index in [1.165, 1.54) is 0 Å². The maximum absolute atomic E-state index is 11.4. The summed E-state index contributed by atoms with van der Waals surface area (Å²) in [5.41, 5.74) is 11.9. The van der Waals surface area contributed by atoms with Crippen LogP contribution in [0.25, 0.3) is 11.3 Å². The van der Waals surface area contributed by atoms with Gasteiger partial charge in [-0.2, -0.15) is 0 Å². The first kappa shape index (κ1) is 13.5. The van der Waals surface area contributed by atoms with Crippen molar-refractivity contribution < 1.29 is 14.3 Å². The number of urea groups is 1. The number of nitrogens with one attached hydrogen (secondary N) is 2. The van der Waals surface area contributed by atoms with E-state index in [4.69, 9.17) is 16.2 Å². The van der Waals surface area contributed by atoms with Gasteiger partial charge in [0.1, 0.15) is 11.6 Å². The molecule has 20 heavy (non-hydrogen) atoms. The molecule has 6 N–H and O–H groups in total. The fourth-order valence-corrected chi connectivity index (χ4v) is 1.82. The molecular formula is C13H14N4O3. The highest BCUT2D eigenvalue weighted by Crippen LogP contribution is 2.27. The quantitative estimate of drug-likeness (QED) is 0.671. The summed E-state index contributed by atoms with van der Waals surface area (Å²) in [6.45, 7) is 0. The van der Waals surface area contributed by atoms with Crippen molar-refractivity contribution in [3.63, 3.8) is 0 Å². The Morgan fingerprint density at radius 1 is 1.25 bits per heavy atom. The van der Waals surface area contributed by atoms with Gasteiger partial charge in [0, 0.05) is 11.3 Å². The number of ether oxygens (including phenoxy) is 1. The Kier molecular flexibility index (Phi) is 3.60. The van der Waals surface area contributed by atoms with Crippen LogP contribution in [0.1, 0.15) is 10.4 Å². The molecule has 3 amide bonds. The van der Waals surface area contributed by atoms with Crippen LogP contribution in [-0.4, -0.2) is 24.0 Å². The molecule has 0 aliphatic rings. The van der Waals surface area contributed by atoms with E-state index in [9.17, 15) is 9.59 Å². The number of carbonyl (C=O) groups is 2. The topological polar surface area (TPSA) is 123 Å². The summed E-state index contributed by atoms with van der Waals surface area (Å²) < 4.78 is 5.13. The lowest BCUT2D eigenvalue weighted by Crippen LogP contribution is -2.22.